The van der Waals surface area contributed by atoms with E-state index >= 15 is 0 Å². The number of benzene rings is 2. The molecule has 0 aliphatic carbocycles. The van der Waals surface area contributed by atoms with E-state index in [0.29, 0.717) is 0 Å². The van der Waals surface area contributed by atoms with Crippen molar-refractivity contribution >= 4 is 11.6 Å². The smallest absolute Gasteiger partial charge is 0.230 e. The Balaban J connectivity index is 0.000000485. The van der Waals surface area contributed by atoms with Crippen molar-refractivity contribution in [3.8, 4) is 0 Å². The first kappa shape index (κ1) is 25.6. The van der Waals surface area contributed by atoms with Gasteiger partial charge in [-0.25, -0.2) is 0 Å². The molecule has 1 fully saturated rings. The topological polar surface area (TPSA) is 44.4 Å². The normalized spacial score (nSPS) is 13.1. The van der Waals surface area contributed by atoms with Crippen LogP contribution in [0.3, 0.4) is 0 Å². The molecule has 30 heavy (non-hydrogen) atoms. The van der Waals surface area contributed by atoms with Gasteiger partial charge in [0.1, 0.15) is 0 Å². The summed E-state index contributed by atoms with van der Waals surface area (Å²) in [6.07, 6.45) is 5.29. The van der Waals surface area contributed by atoms with E-state index in [-0.39, 0.29) is 11.8 Å². The molecule has 1 heterocycles. The summed E-state index contributed by atoms with van der Waals surface area (Å²) in [5.74, 6) is 0.242. The zero-order chi connectivity index (χ0) is 22.2. The lowest BCUT2D eigenvalue weighted by Crippen LogP contribution is -2.51. The predicted octanol–water partition coefficient (Wildman–Crippen LogP) is 5.13. The van der Waals surface area contributed by atoms with Gasteiger partial charge in [-0.15, -0.1) is 6.58 Å². The van der Waals surface area contributed by atoms with Crippen LogP contribution in [-0.2, 0) is 17.8 Å². The maximum Gasteiger partial charge on any atom is 0.230 e. The van der Waals surface area contributed by atoms with Crippen LogP contribution in [0.2, 0.25) is 0 Å². The van der Waals surface area contributed by atoms with Gasteiger partial charge in [0.15, 0.2) is 0 Å². The van der Waals surface area contributed by atoms with Gasteiger partial charge >= 0.3 is 0 Å². The molecule has 0 spiro atoms. The van der Waals surface area contributed by atoms with Gasteiger partial charge in [-0.2, -0.15) is 0 Å². The van der Waals surface area contributed by atoms with Gasteiger partial charge in [-0.3, -0.25) is 9.69 Å². The van der Waals surface area contributed by atoms with E-state index in [2.05, 4.69) is 72.4 Å². The van der Waals surface area contributed by atoms with E-state index in [0.717, 1.165) is 38.2 Å². The molecule has 0 unspecified atom stereocenters. The molecule has 2 aromatic rings. The largest absolute Gasteiger partial charge is 0.326 e. The highest BCUT2D eigenvalue weighted by molar-refractivity contribution is 5.93. The lowest BCUT2D eigenvalue weighted by atomic mass is 9.98. The van der Waals surface area contributed by atoms with Gasteiger partial charge in [0, 0.05) is 25.3 Å². The quantitative estimate of drug-likeness (QED) is 0.623. The Kier molecular flexibility index (Phi) is 13.2. The number of nitrogens with zero attached hydrogens (tertiary/aromatic N) is 1. The maximum absolute atomic E-state index is 12.3. The van der Waals surface area contributed by atoms with Crippen molar-refractivity contribution in [3.63, 3.8) is 0 Å². The summed E-state index contributed by atoms with van der Waals surface area (Å²) >= 11 is 0. The number of anilines is 1. The molecule has 1 aliphatic heterocycles. The summed E-state index contributed by atoms with van der Waals surface area (Å²) in [6.45, 7) is 10.4. The summed E-state index contributed by atoms with van der Waals surface area (Å²) in [5, 5.41) is 5.79. The monoisotopic (exact) mass is 409 g/mol. The fourth-order valence-corrected chi connectivity index (χ4v) is 3.02. The Morgan fingerprint density at radius 3 is 2.23 bits per heavy atom. The maximum atomic E-state index is 12.3. The fraction of sp³-hybridized carbons (Fsp3) is 0.423. The average molecular weight is 410 g/mol. The van der Waals surface area contributed by atoms with E-state index in [9.17, 15) is 4.79 Å². The standard InChI is InChI=1S/C19H22N2O.C5H10.C2H7N/c1-2-15-9-6-10-18(11-15)20-19(22)17-13-21(14-17)12-16-7-4-3-5-8-16;1-3-5-4-2;1-3-2/h3-11,17H,2,12-14H2,1H3,(H,20,22);3H,1,4-5H2,2H3;3H,1-2H3. The van der Waals surface area contributed by atoms with Crippen LogP contribution < -0.4 is 10.6 Å². The van der Waals surface area contributed by atoms with E-state index in [4.69, 9.17) is 0 Å². The van der Waals surface area contributed by atoms with Gasteiger partial charge in [0.05, 0.1) is 5.92 Å². The number of carbonyl (C=O) groups is 1. The van der Waals surface area contributed by atoms with Crippen molar-refractivity contribution in [2.24, 2.45) is 5.92 Å². The Labute approximate surface area is 183 Å². The lowest BCUT2D eigenvalue weighted by Gasteiger charge is -2.38. The molecule has 2 N–H and O–H groups in total. The van der Waals surface area contributed by atoms with Gasteiger partial charge < -0.3 is 10.6 Å². The number of amides is 1. The van der Waals surface area contributed by atoms with Crippen molar-refractivity contribution in [2.45, 2.75) is 39.7 Å². The zero-order valence-corrected chi connectivity index (χ0v) is 19.2. The number of unbranched alkanes of at least 4 members (excludes halogenated alkanes) is 1. The second-order valence-electron chi connectivity index (χ2n) is 7.50. The number of hydrogen-bond acceptors (Lipinski definition) is 3. The summed E-state index contributed by atoms with van der Waals surface area (Å²) in [7, 11) is 3.75. The number of aryl methyl sites for hydroxylation is 1. The third-order valence-corrected chi connectivity index (χ3v) is 4.67. The Hall–Kier alpha value is -2.43. The SMILES string of the molecule is C=CCCC.CCc1cccc(NC(=O)C2CN(Cc3ccccc3)C2)c1.CNC. The first-order valence-electron chi connectivity index (χ1n) is 10.9. The lowest BCUT2D eigenvalue weighted by molar-refractivity contribution is -0.125. The molecule has 1 saturated heterocycles. The minimum atomic E-state index is 0.106. The van der Waals surface area contributed by atoms with Crippen molar-refractivity contribution < 1.29 is 4.79 Å². The molecule has 0 saturated carbocycles. The summed E-state index contributed by atoms with van der Waals surface area (Å²) < 4.78 is 0. The fourth-order valence-electron chi connectivity index (χ4n) is 3.02. The van der Waals surface area contributed by atoms with Crippen LogP contribution in [0.4, 0.5) is 5.69 Å². The molecule has 0 bridgehead atoms. The van der Waals surface area contributed by atoms with Crippen molar-refractivity contribution in [1.29, 1.82) is 0 Å². The van der Waals surface area contributed by atoms with Crippen LogP contribution in [0.25, 0.3) is 0 Å². The molecular formula is C26H39N3O. The third kappa shape index (κ3) is 9.86. The van der Waals surface area contributed by atoms with Gasteiger partial charge in [0.2, 0.25) is 5.91 Å². The van der Waals surface area contributed by atoms with Crippen LogP contribution in [0.5, 0.6) is 0 Å². The Morgan fingerprint density at radius 2 is 1.70 bits per heavy atom. The van der Waals surface area contributed by atoms with Gasteiger partial charge in [0.25, 0.3) is 0 Å². The first-order chi connectivity index (χ1) is 14.6. The number of carbonyl (C=O) groups excluding carboxylic acids is 1. The Morgan fingerprint density at radius 1 is 1.07 bits per heavy atom. The number of nitrogens with one attached hydrogen (secondary N) is 2. The van der Waals surface area contributed by atoms with Crippen LogP contribution in [0.1, 0.15) is 37.8 Å². The highest BCUT2D eigenvalue weighted by Crippen LogP contribution is 2.21. The molecule has 3 rings (SSSR count). The highest BCUT2D eigenvalue weighted by Gasteiger charge is 2.32. The van der Waals surface area contributed by atoms with Crippen molar-refractivity contribution in [2.75, 3.05) is 32.5 Å². The first-order valence-corrected chi connectivity index (χ1v) is 10.9. The molecule has 4 nitrogen and oxygen atoms in total. The van der Waals surface area contributed by atoms with Crippen LogP contribution in [0.15, 0.2) is 67.3 Å². The number of allylic oxidation sites excluding steroid dienone is 1. The molecule has 0 aromatic heterocycles. The number of hydrogen-bond donors (Lipinski definition) is 2. The van der Waals surface area contributed by atoms with Gasteiger partial charge in [-0.05, 0) is 50.2 Å². The molecular weight excluding hydrogens is 370 g/mol. The summed E-state index contributed by atoms with van der Waals surface area (Å²) in [6, 6.07) is 18.5. The second-order valence-corrected chi connectivity index (χ2v) is 7.50. The molecule has 0 radical (unpaired) electrons. The summed E-state index contributed by atoms with van der Waals surface area (Å²) in [5.41, 5.74) is 3.46. The molecule has 1 aliphatic rings. The summed E-state index contributed by atoms with van der Waals surface area (Å²) in [4.78, 5) is 14.6. The van der Waals surface area contributed by atoms with Crippen LogP contribution >= 0.6 is 0 Å². The molecule has 2 aromatic carbocycles. The van der Waals surface area contributed by atoms with E-state index < -0.39 is 0 Å². The molecule has 4 heteroatoms. The van der Waals surface area contributed by atoms with Crippen LogP contribution in [-0.4, -0.2) is 38.0 Å². The van der Waals surface area contributed by atoms with Crippen molar-refractivity contribution in [1.82, 2.24) is 10.2 Å². The van der Waals surface area contributed by atoms with Crippen molar-refractivity contribution in [3.05, 3.63) is 78.4 Å². The second kappa shape index (κ2) is 15.4. The number of likely N-dealkylation sites (tertiary alicyclic amines) is 1. The number of rotatable bonds is 7. The molecule has 164 valence electrons. The van der Waals surface area contributed by atoms with E-state index in [1.54, 1.807) is 0 Å². The predicted molar refractivity (Wildman–Crippen MR) is 130 cm³/mol. The third-order valence-electron chi connectivity index (χ3n) is 4.67. The Bertz CT molecular complexity index is 724. The molecule has 0 atom stereocenters. The van der Waals surface area contributed by atoms with Crippen LogP contribution in [0, 0.1) is 5.92 Å². The van der Waals surface area contributed by atoms with E-state index in [1.165, 1.54) is 17.5 Å². The minimum Gasteiger partial charge on any atom is -0.326 e. The molecule has 1 amide bonds. The van der Waals surface area contributed by atoms with Gasteiger partial charge in [-0.1, -0.05) is 68.8 Å². The minimum absolute atomic E-state index is 0.106. The zero-order valence-electron chi connectivity index (χ0n) is 19.2. The highest BCUT2D eigenvalue weighted by atomic mass is 16.2. The average Bonchev–Trinajstić information content (AvgIpc) is 2.73. The van der Waals surface area contributed by atoms with E-state index in [1.807, 2.05) is 38.4 Å².